The maximum absolute atomic E-state index is 12.3. The number of ether oxygens (including phenoxy) is 2. The lowest BCUT2D eigenvalue weighted by atomic mass is 10.1. The van der Waals surface area contributed by atoms with Crippen molar-refractivity contribution in [2.24, 2.45) is 0 Å². The van der Waals surface area contributed by atoms with Gasteiger partial charge in [-0.3, -0.25) is 4.79 Å². The van der Waals surface area contributed by atoms with Crippen LogP contribution in [-0.2, 0) is 5.75 Å². The number of nitrogens with one attached hydrogen (secondary N) is 1. The molecule has 2 aromatic carbocycles. The topological polar surface area (TPSA) is 47.6 Å². The average molecular weight is 345 g/mol. The summed E-state index contributed by atoms with van der Waals surface area (Å²) in [5, 5.41) is 2.93. The van der Waals surface area contributed by atoms with Crippen LogP contribution in [-0.4, -0.2) is 32.4 Å². The van der Waals surface area contributed by atoms with Gasteiger partial charge in [0.25, 0.3) is 5.91 Å². The first kappa shape index (κ1) is 18.2. The van der Waals surface area contributed by atoms with Crippen LogP contribution in [0.1, 0.15) is 21.5 Å². The van der Waals surface area contributed by atoms with E-state index in [-0.39, 0.29) is 5.91 Å². The van der Waals surface area contributed by atoms with Crippen molar-refractivity contribution in [2.45, 2.75) is 12.7 Å². The van der Waals surface area contributed by atoms with Gasteiger partial charge in [0, 0.05) is 18.1 Å². The van der Waals surface area contributed by atoms with Crippen LogP contribution in [0.25, 0.3) is 0 Å². The molecule has 0 saturated carbocycles. The Morgan fingerprint density at radius 3 is 2.58 bits per heavy atom. The van der Waals surface area contributed by atoms with Crippen LogP contribution in [0.4, 0.5) is 0 Å². The Kier molecular flexibility index (Phi) is 7.00. The van der Waals surface area contributed by atoms with Crippen molar-refractivity contribution in [3.05, 3.63) is 59.2 Å². The molecule has 128 valence electrons. The van der Waals surface area contributed by atoms with E-state index in [1.54, 1.807) is 37.1 Å². The number of thioether (sulfide) groups is 1. The summed E-state index contributed by atoms with van der Waals surface area (Å²) in [6.07, 6.45) is 0. The van der Waals surface area contributed by atoms with Crippen molar-refractivity contribution in [2.75, 3.05) is 26.5 Å². The molecule has 0 spiro atoms. The Hall–Kier alpha value is -2.14. The van der Waals surface area contributed by atoms with Crippen molar-refractivity contribution < 1.29 is 14.3 Å². The van der Waals surface area contributed by atoms with Gasteiger partial charge < -0.3 is 14.8 Å². The summed E-state index contributed by atoms with van der Waals surface area (Å²) in [5.41, 5.74) is 3.12. The molecule has 0 aliphatic carbocycles. The van der Waals surface area contributed by atoms with E-state index in [4.69, 9.17) is 9.47 Å². The third-order valence-electron chi connectivity index (χ3n) is 3.70. The van der Waals surface area contributed by atoms with E-state index in [9.17, 15) is 4.79 Å². The van der Waals surface area contributed by atoms with Crippen LogP contribution in [0.5, 0.6) is 11.5 Å². The number of carbonyl (C=O) groups excluding carboxylic acids is 1. The van der Waals surface area contributed by atoms with Gasteiger partial charge in [0.2, 0.25) is 0 Å². The molecule has 24 heavy (non-hydrogen) atoms. The summed E-state index contributed by atoms with van der Waals surface area (Å²) in [5.74, 6) is 2.67. The number of para-hydroxylation sites is 1. The van der Waals surface area contributed by atoms with Gasteiger partial charge in [0.15, 0.2) is 11.5 Å². The number of benzene rings is 2. The summed E-state index contributed by atoms with van der Waals surface area (Å²) >= 11 is 1.80. The predicted octanol–water partition coefficient (Wildman–Crippen LogP) is 3.68. The molecule has 0 radical (unpaired) electrons. The fraction of sp³-hybridized carbons (Fsp3) is 0.316. The fourth-order valence-corrected chi connectivity index (χ4v) is 3.29. The number of rotatable bonds is 8. The van der Waals surface area contributed by atoms with Crippen LogP contribution < -0.4 is 14.8 Å². The minimum absolute atomic E-state index is 0.151. The Labute approximate surface area is 147 Å². The predicted molar refractivity (Wildman–Crippen MR) is 99.2 cm³/mol. The van der Waals surface area contributed by atoms with Crippen LogP contribution in [0.2, 0.25) is 0 Å². The summed E-state index contributed by atoms with van der Waals surface area (Å²) in [4.78, 5) is 12.3. The van der Waals surface area contributed by atoms with Crippen molar-refractivity contribution in [1.82, 2.24) is 5.32 Å². The van der Waals surface area contributed by atoms with Crippen molar-refractivity contribution in [3.8, 4) is 11.5 Å². The summed E-state index contributed by atoms with van der Waals surface area (Å²) in [6, 6.07) is 13.6. The van der Waals surface area contributed by atoms with Crippen LogP contribution in [0.15, 0.2) is 42.5 Å². The van der Waals surface area contributed by atoms with Gasteiger partial charge >= 0.3 is 0 Å². The first-order valence-corrected chi connectivity index (χ1v) is 8.94. The molecule has 0 bridgehead atoms. The Morgan fingerprint density at radius 1 is 1.08 bits per heavy atom. The van der Waals surface area contributed by atoms with Gasteiger partial charge in [-0.1, -0.05) is 30.3 Å². The molecular formula is C19H23NO3S. The molecule has 0 atom stereocenters. The molecule has 0 aliphatic heterocycles. The third-order valence-corrected chi connectivity index (χ3v) is 4.71. The fourth-order valence-electron chi connectivity index (χ4n) is 2.35. The third kappa shape index (κ3) is 4.68. The zero-order valence-corrected chi connectivity index (χ0v) is 15.1. The minimum atomic E-state index is -0.151. The summed E-state index contributed by atoms with van der Waals surface area (Å²) in [6.45, 7) is 2.72. The normalized spacial score (nSPS) is 10.3. The molecule has 1 N–H and O–H groups in total. The smallest absolute Gasteiger partial charge is 0.255 e. The lowest BCUT2D eigenvalue weighted by Crippen LogP contribution is -2.26. The van der Waals surface area contributed by atoms with Crippen molar-refractivity contribution >= 4 is 17.7 Å². The maximum Gasteiger partial charge on any atom is 0.255 e. The van der Waals surface area contributed by atoms with Crippen LogP contribution in [0, 0.1) is 6.92 Å². The Balaban J connectivity index is 1.83. The van der Waals surface area contributed by atoms with E-state index in [0.717, 1.165) is 11.5 Å². The van der Waals surface area contributed by atoms with E-state index in [1.807, 2.05) is 6.07 Å². The highest BCUT2D eigenvalue weighted by Gasteiger charge is 2.15. The van der Waals surface area contributed by atoms with E-state index < -0.39 is 0 Å². The van der Waals surface area contributed by atoms with Gasteiger partial charge in [-0.05, 0) is 30.2 Å². The molecule has 2 aromatic rings. The second-order valence-electron chi connectivity index (χ2n) is 5.28. The monoisotopic (exact) mass is 345 g/mol. The van der Waals surface area contributed by atoms with Gasteiger partial charge in [-0.25, -0.2) is 0 Å². The molecule has 4 nitrogen and oxygen atoms in total. The minimum Gasteiger partial charge on any atom is -0.493 e. The van der Waals surface area contributed by atoms with E-state index in [2.05, 4.69) is 30.4 Å². The number of methoxy groups -OCH3 is 2. The largest absolute Gasteiger partial charge is 0.493 e. The van der Waals surface area contributed by atoms with E-state index in [1.165, 1.54) is 18.2 Å². The Morgan fingerprint density at radius 2 is 1.88 bits per heavy atom. The maximum atomic E-state index is 12.3. The highest BCUT2D eigenvalue weighted by Crippen LogP contribution is 2.30. The number of aryl methyl sites for hydroxylation is 1. The lowest BCUT2D eigenvalue weighted by Gasteiger charge is -2.12. The molecule has 5 heteroatoms. The number of carbonyl (C=O) groups is 1. The van der Waals surface area contributed by atoms with Gasteiger partial charge in [-0.2, -0.15) is 11.8 Å². The standard InChI is InChI=1S/C19H23NO3S/c1-14-7-4-5-8-15(14)13-24-12-11-20-19(21)16-9-6-10-17(22-2)18(16)23-3/h4-10H,11-13H2,1-3H3,(H,20,21). The zero-order valence-electron chi connectivity index (χ0n) is 14.3. The van der Waals surface area contributed by atoms with Gasteiger partial charge in [0.1, 0.15) is 0 Å². The number of amides is 1. The first-order chi connectivity index (χ1) is 11.7. The highest BCUT2D eigenvalue weighted by molar-refractivity contribution is 7.98. The molecule has 0 unspecified atom stereocenters. The molecule has 1 amide bonds. The van der Waals surface area contributed by atoms with Crippen molar-refractivity contribution in [3.63, 3.8) is 0 Å². The number of hydrogen-bond acceptors (Lipinski definition) is 4. The molecule has 0 aliphatic rings. The van der Waals surface area contributed by atoms with Crippen molar-refractivity contribution in [1.29, 1.82) is 0 Å². The number of hydrogen-bond donors (Lipinski definition) is 1. The summed E-state index contributed by atoms with van der Waals surface area (Å²) < 4.78 is 10.5. The Bertz CT molecular complexity index is 688. The molecule has 0 saturated heterocycles. The average Bonchev–Trinajstić information content (AvgIpc) is 2.61. The second kappa shape index (κ2) is 9.23. The second-order valence-corrected chi connectivity index (χ2v) is 6.38. The quantitative estimate of drug-likeness (QED) is 0.742. The van der Waals surface area contributed by atoms with Gasteiger partial charge in [-0.15, -0.1) is 0 Å². The van der Waals surface area contributed by atoms with E-state index >= 15 is 0 Å². The highest BCUT2D eigenvalue weighted by atomic mass is 32.2. The molecule has 0 heterocycles. The lowest BCUT2D eigenvalue weighted by molar-refractivity contribution is 0.0952. The first-order valence-electron chi connectivity index (χ1n) is 7.78. The SMILES string of the molecule is COc1cccc(C(=O)NCCSCc2ccccc2C)c1OC. The molecule has 0 fully saturated rings. The molecule has 2 rings (SSSR count). The zero-order chi connectivity index (χ0) is 17.4. The van der Waals surface area contributed by atoms with Crippen LogP contribution >= 0.6 is 11.8 Å². The van der Waals surface area contributed by atoms with Crippen LogP contribution in [0.3, 0.4) is 0 Å². The van der Waals surface area contributed by atoms with Gasteiger partial charge in [0.05, 0.1) is 19.8 Å². The molecular weight excluding hydrogens is 322 g/mol. The molecule has 0 aromatic heterocycles. The summed E-state index contributed by atoms with van der Waals surface area (Å²) in [7, 11) is 3.09. The van der Waals surface area contributed by atoms with E-state index in [0.29, 0.717) is 23.6 Å².